The smallest absolute Gasteiger partial charge is 0.333 e. The molecule has 0 aliphatic carbocycles. The Bertz CT molecular complexity index is 463. The zero-order valence-electron chi connectivity index (χ0n) is 13.8. The van der Waals surface area contributed by atoms with Crippen LogP contribution in [0.4, 0.5) is 0 Å². The van der Waals surface area contributed by atoms with Crippen LogP contribution in [0.25, 0.3) is 0 Å². The number of carboxylic acid groups (broad SMARTS) is 1. The van der Waals surface area contributed by atoms with Crippen LogP contribution in [0, 0.1) is 5.92 Å². The van der Waals surface area contributed by atoms with Crippen LogP contribution in [0.1, 0.15) is 6.92 Å². The van der Waals surface area contributed by atoms with Gasteiger partial charge in [0.05, 0.1) is 18.8 Å². The second-order valence-electron chi connectivity index (χ2n) is 6.23. The van der Waals surface area contributed by atoms with E-state index in [1.54, 1.807) is 0 Å². The van der Waals surface area contributed by atoms with Gasteiger partial charge >= 0.3 is 5.97 Å². The summed E-state index contributed by atoms with van der Waals surface area (Å²) in [6, 6.07) is -1.02. The number of rotatable bonds is 5. The molecule has 0 aromatic rings. The molecule has 2 saturated heterocycles. The Labute approximate surface area is 143 Å². The van der Waals surface area contributed by atoms with E-state index in [-0.39, 0.29) is 0 Å². The van der Waals surface area contributed by atoms with Gasteiger partial charge in [-0.1, -0.05) is 6.92 Å². The van der Waals surface area contributed by atoms with E-state index in [0.29, 0.717) is 0 Å². The van der Waals surface area contributed by atoms with Crippen LogP contribution < -0.4 is 5.73 Å². The summed E-state index contributed by atoms with van der Waals surface area (Å²) < 4.78 is 21.0. The molecule has 0 aromatic heterocycles. The summed E-state index contributed by atoms with van der Waals surface area (Å²) in [6.45, 7) is 0.857. The minimum atomic E-state index is -1.56. The van der Waals surface area contributed by atoms with Gasteiger partial charge in [0.1, 0.15) is 24.4 Å². The number of carboxylic acids is 1. The maximum absolute atomic E-state index is 11.2. The summed E-state index contributed by atoms with van der Waals surface area (Å²) in [6.07, 6.45) is -10.6. The zero-order valence-corrected chi connectivity index (χ0v) is 13.8. The van der Waals surface area contributed by atoms with Gasteiger partial charge in [0, 0.05) is 13.0 Å². The molecule has 0 spiro atoms. The molecule has 2 aliphatic rings. The second-order valence-corrected chi connectivity index (χ2v) is 6.23. The van der Waals surface area contributed by atoms with Crippen LogP contribution in [0.2, 0.25) is 0 Å². The van der Waals surface area contributed by atoms with Crippen LogP contribution in [0.15, 0.2) is 0 Å². The lowest BCUT2D eigenvalue weighted by atomic mass is 9.90. The summed E-state index contributed by atoms with van der Waals surface area (Å²) in [4.78, 5) is 11.2. The van der Waals surface area contributed by atoms with E-state index in [1.807, 2.05) is 0 Å². The summed E-state index contributed by atoms with van der Waals surface area (Å²) in [5.41, 5.74) is 5.80. The normalized spacial score (nSPS) is 48.3. The van der Waals surface area contributed by atoms with Crippen molar-refractivity contribution < 1.29 is 49.3 Å². The van der Waals surface area contributed by atoms with Crippen molar-refractivity contribution in [3.63, 3.8) is 0 Å². The molecule has 10 atom stereocenters. The molecule has 11 nitrogen and oxygen atoms in total. The molecule has 0 aromatic carbocycles. The van der Waals surface area contributed by atoms with E-state index in [0.717, 1.165) is 0 Å². The number of carbonyl (C=O) groups is 1. The summed E-state index contributed by atoms with van der Waals surface area (Å²) in [5.74, 6) is -2.21. The van der Waals surface area contributed by atoms with E-state index in [9.17, 15) is 30.3 Å². The first kappa shape index (κ1) is 20.4. The van der Waals surface area contributed by atoms with Crippen LogP contribution in [-0.2, 0) is 23.7 Å². The molecule has 7 N–H and O–H groups in total. The lowest BCUT2D eigenvalue weighted by Crippen LogP contribution is -2.65. The number of hydrogen-bond donors (Lipinski definition) is 6. The molecule has 2 heterocycles. The molecule has 0 radical (unpaired) electrons. The Hall–Kier alpha value is -0.890. The van der Waals surface area contributed by atoms with Crippen molar-refractivity contribution in [2.75, 3.05) is 13.7 Å². The quantitative estimate of drug-likeness (QED) is 0.285. The van der Waals surface area contributed by atoms with Gasteiger partial charge in [0.15, 0.2) is 18.7 Å². The predicted octanol–water partition coefficient (Wildman–Crippen LogP) is -3.41. The molecule has 2 aliphatic heterocycles. The SMILES string of the molecule is CO[C@@H]1OC(CO)[C@@H](O[C@@H]2OC(C(=O)O)[C@@H](C)[C@H](O)C2O)C(O)C1N. The van der Waals surface area contributed by atoms with Crippen molar-refractivity contribution in [3.8, 4) is 0 Å². The van der Waals surface area contributed by atoms with Gasteiger partial charge in [-0.05, 0) is 0 Å². The molecule has 11 heteroatoms. The van der Waals surface area contributed by atoms with Crippen LogP contribution in [0.3, 0.4) is 0 Å². The molecular weight excluding hydrogens is 342 g/mol. The maximum Gasteiger partial charge on any atom is 0.333 e. The molecule has 0 amide bonds. The minimum Gasteiger partial charge on any atom is -0.479 e. The standard InChI is InChI=1S/C14H25NO10/c1-4-7(17)9(19)14(24-10(4)12(20)21)25-11-5(3-16)23-13(22-2)6(15)8(11)18/h4-11,13-14,16-19H,3,15H2,1-2H3,(H,20,21)/t4-,5?,6?,7-,8?,9?,10?,11+,13+,14-/m0/s1. The predicted molar refractivity (Wildman–Crippen MR) is 79.1 cm³/mol. The van der Waals surface area contributed by atoms with E-state index in [1.165, 1.54) is 14.0 Å². The highest BCUT2D eigenvalue weighted by Gasteiger charge is 2.50. The molecule has 0 saturated carbocycles. The Morgan fingerprint density at radius 1 is 1.12 bits per heavy atom. The fraction of sp³-hybridized carbons (Fsp3) is 0.929. The zero-order chi connectivity index (χ0) is 18.9. The second kappa shape index (κ2) is 8.20. The Balaban J connectivity index is 2.16. The lowest BCUT2D eigenvalue weighted by molar-refractivity contribution is -0.335. The highest BCUT2D eigenvalue weighted by molar-refractivity contribution is 5.73. The monoisotopic (exact) mass is 367 g/mol. The van der Waals surface area contributed by atoms with Gasteiger partial charge < -0.3 is 50.2 Å². The van der Waals surface area contributed by atoms with Crippen molar-refractivity contribution in [2.45, 2.75) is 62.2 Å². The molecule has 25 heavy (non-hydrogen) atoms. The minimum absolute atomic E-state index is 0.557. The van der Waals surface area contributed by atoms with Crippen LogP contribution in [-0.4, -0.2) is 100 Å². The number of aliphatic hydroxyl groups excluding tert-OH is 4. The third-order valence-corrected chi connectivity index (χ3v) is 4.59. The van der Waals surface area contributed by atoms with Crippen molar-refractivity contribution in [1.82, 2.24) is 0 Å². The Morgan fingerprint density at radius 3 is 2.28 bits per heavy atom. The first-order valence-electron chi connectivity index (χ1n) is 7.85. The largest absolute Gasteiger partial charge is 0.479 e. The van der Waals surface area contributed by atoms with Crippen molar-refractivity contribution in [3.05, 3.63) is 0 Å². The number of nitrogens with two attached hydrogens (primary N) is 1. The number of hydrogen-bond acceptors (Lipinski definition) is 10. The number of aliphatic hydroxyl groups is 4. The third-order valence-electron chi connectivity index (χ3n) is 4.59. The van der Waals surface area contributed by atoms with E-state index in [2.05, 4.69) is 0 Å². The van der Waals surface area contributed by atoms with Gasteiger partial charge in [0.25, 0.3) is 0 Å². The molecule has 5 unspecified atom stereocenters. The molecule has 2 fully saturated rings. The highest BCUT2D eigenvalue weighted by atomic mass is 16.7. The van der Waals surface area contributed by atoms with Crippen molar-refractivity contribution in [1.29, 1.82) is 0 Å². The van der Waals surface area contributed by atoms with E-state index in [4.69, 9.17) is 24.7 Å². The number of ether oxygens (including phenoxy) is 4. The average molecular weight is 367 g/mol. The van der Waals surface area contributed by atoms with Crippen LogP contribution >= 0.6 is 0 Å². The fourth-order valence-corrected chi connectivity index (χ4v) is 3.02. The van der Waals surface area contributed by atoms with E-state index >= 15 is 0 Å². The molecule has 2 rings (SSSR count). The van der Waals surface area contributed by atoms with Gasteiger partial charge in [-0.15, -0.1) is 0 Å². The number of methoxy groups -OCH3 is 1. The topological polar surface area (TPSA) is 181 Å². The van der Waals surface area contributed by atoms with Gasteiger partial charge in [-0.25, -0.2) is 4.79 Å². The first-order valence-corrected chi connectivity index (χ1v) is 7.85. The van der Waals surface area contributed by atoms with Gasteiger partial charge in [-0.2, -0.15) is 0 Å². The fourth-order valence-electron chi connectivity index (χ4n) is 3.02. The summed E-state index contributed by atoms with van der Waals surface area (Å²) >= 11 is 0. The van der Waals surface area contributed by atoms with Crippen LogP contribution in [0.5, 0.6) is 0 Å². The Morgan fingerprint density at radius 2 is 1.76 bits per heavy atom. The van der Waals surface area contributed by atoms with E-state index < -0.39 is 73.7 Å². The van der Waals surface area contributed by atoms with Gasteiger partial charge in [0.2, 0.25) is 0 Å². The highest BCUT2D eigenvalue weighted by Crippen LogP contribution is 2.30. The van der Waals surface area contributed by atoms with Crippen molar-refractivity contribution >= 4 is 5.97 Å². The molecular formula is C14H25NO10. The van der Waals surface area contributed by atoms with Crippen molar-refractivity contribution in [2.24, 2.45) is 11.7 Å². The summed E-state index contributed by atoms with van der Waals surface area (Å²) in [5, 5.41) is 49.1. The van der Waals surface area contributed by atoms with Gasteiger partial charge in [-0.3, -0.25) is 0 Å². The number of aliphatic carboxylic acids is 1. The molecule has 146 valence electrons. The maximum atomic E-state index is 11.2. The average Bonchev–Trinajstić information content (AvgIpc) is 2.58. The lowest BCUT2D eigenvalue weighted by Gasteiger charge is -2.46. The molecule has 0 bridgehead atoms. The first-order chi connectivity index (χ1) is 11.7. The summed E-state index contributed by atoms with van der Waals surface area (Å²) in [7, 11) is 1.32. The third kappa shape index (κ3) is 3.94. The Kier molecular flexibility index (Phi) is 6.70.